The fraction of sp³-hybridized carbons (Fsp3) is 0.214. The molecule has 1 heterocycles. The first kappa shape index (κ1) is 11.5. The van der Waals surface area contributed by atoms with Gasteiger partial charge < -0.3 is 10.1 Å². The molecule has 2 rings (SSSR count). The van der Waals surface area contributed by atoms with Gasteiger partial charge in [-0.1, -0.05) is 30.3 Å². The first-order valence-corrected chi connectivity index (χ1v) is 5.59. The number of aromatic nitrogens is 1. The smallest absolute Gasteiger partial charge is 0.214 e. The van der Waals surface area contributed by atoms with Gasteiger partial charge in [-0.3, -0.25) is 0 Å². The van der Waals surface area contributed by atoms with Gasteiger partial charge in [0.2, 0.25) is 5.88 Å². The number of ether oxygens (including phenoxy) is 1. The molecular weight excluding hydrogens is 212 g/mol. The predicted octanol–water partition coefficient (Wildman–Crippen LogP) is 3.01. The second-order valence-corrected chi connectivity index (χ2v) is 3.85. The van der Waals surface area contributed by atoms with Gasteiger partial charge in [-0.25, -0.2) is 0 Å². The number of aryl methyl sites for hydroxylation is 1. The first-order chi connectivity index (χ1) is 8.29. The van der Waals surface area contributed by atoms with Gasteiger partial charge in [0, 0.05) is 12.6 Å². The third kappa shape index (κ3) is 2.97. The molecule has 1 aromatic heterocycles. The van der Waals surface area contributed by atoms with Crippen LogP contribution in [0.4, 0.5) is 5.82 Å². The first-order valence-electron chi connectivity index (χ1n) is 5.59. The Morgan fingerprint density at radius 1 is 1.12 bits per heavy atom. The molecule has 0 fully saturated rings. The number of anilines is 1. The number of nitrogens with one attached hydrogen (secondary N) is 1. The highest BCUT2D eigenvalue weighted by Crippen LogP contribution is 2.13. The highest BCUT2D eigenvalue weighted by Gasteiger charge is 1.99. The summed E-state index contributed by atoms with van der Waals surface area (Å²) < 4.78 is 5.08. The van der Waals surface area contributed by atoms with E-state index in [2.05, 4.69) is 29.4 Å². The van der Waals surface area contributed by atoms with Gasteiger partial charge in [0.25, 0.3) is 0 Å². The molecule has 0 aliphatic heterocycles. The number of nitrogens with zero attached hydrogens (tertiary/aromatic N) is 1. The summed E-state index contributed by atoms with van der Waals surface area (Å²) in [5.41, 5.74) is 2.56. The normalized spacial score (nSPS) is 10.0. The molecule has 0 bridgehead atoms. The van der Waals surface area contributed by atoms with Crippen molar-refractivity contribution >= 4 is 5.82 Å². The van der Waals surface area contributed by atoms with E-state index in [1.807, 2.05) is 30.3 Å². The Morgan fingerprint density at radius 3 is 2.71 bits per heavy atom. The lowest BCUT2D eigenvalue weighted by Crippen LogP contribution is -2.03. The zero-order valence-corrected chi connectivity index (χ0v) is 10.1. The summed E-state index contributed by atoms with van der Waals surface area (Å²) >= 11 is 0. The Hall–Kier alpha value is -2.03. The lowest BCUT2D eigenvalue weighted by atomic mass is 10.1. The van der Waals surface area contributed by atoms with Crippen molar-refractivity contribution in [3.05, 3.63) is 53.6 Å². The lowest BCUT2D eigenvalue weighted by Gasteiger charge is -2.08. The number of hydrogen-bond donors (Lipinski definition) is 1. The molecule has 0 aliphatic carbocycles. The molecule has 0 saturated heterocycles. The minimum atomic E-state index is 0.625. The van der Waals surface area contributed by atoms with E-state index in [0.717, 1.165) is 12.4 Å². The van der Waals surface area contributed by atoms with Crippen LogP contribution in [-0.2, 0) is 6.54 Å². The minimum absolute atomic E-state index is 0.625. The van der Waals surface area contributed by atoms with Crippen LogP contribution < -0.4 is 10.1 Å². The predicted molar refractivity (Wildman–Crippen MR) is 69.3 cm³/mol. The topological polar surface area (TPSA) is 34.1 Å². The van der Waals surface area contributed by atoms with Crippen molar-refractivity contribution in [1.82, 2.24) is 4.98 Å². The summed E-state index contributed by atoms with van der Waals surface area (Å²) in [6.45, 7) is 2.88. The van der Waals surface area contributed by atoms with E-state index in [1.165, 1.54) is 11.1 Å². The number of methoxy groups -OCH3 is 1. The highest BCUT2D eigenvalue weighted by molar-refractivity contribution is 5.39. The van der Waals surface area contributed by atoms with Gasteiger partial charge in [-0.15, -0.1) is 0 Å². The molecular formula is C14H16N2O. The summed E-state index contributed by atoms with van der Waals surface area (Å²) in [4.78, 5) is 4.30. The van der Waals surface area contributed by atoms with Crippen LogP contribution >= 0.6 is 0 Å². The zero-order chi connectivity index (χ0) is 12.1. The fourth-order valence-electron chi connectivity index (χ4n) is 1.62. The van der Waals surface area contributed by atoms with Crippen LogP contribution in [0.5, 0.6) is 5.88 Å². The van der Waals surface area contributed by atoms with Crippen molar-refractivity contribution in [2.24, 2.45) is 0 Å². The molecule has 0 radical (unpaired) electrons. The van der Waals surface area contributed by atoms with E-state index in [0.29, 0.717) is 5.88 Å². The lowest BCUT2D eigenvalue weighted by molar-refractivity contribution is 0.398. The Morgan fingerprint density at radius 2 is 1.94 bits per heavy atom. The number of benzene rings is 1. The maximum atomic E-state index is 5.08. The van der Waals surface area contributed by atoms with E-state index in [4.69, 9.17) is 4.74 Å². The molecule has 0 unspecified atom stereocenters. The minimum Gasteiger partial charge on any atom is -0.481 e. The van der Waals surface area contributed by atoms with E-state index >= 15 is 0 Å². The van der Waals surface area contributed by atoms with E-state index < -0.39 is 0 Å². The monoisotopic (exact) mass is 228 g/mol. The van der Waals surface area contributed by atoms with Crippen LogP contribution in [0.25, 0.3) is 0 Å². The molecule has 2 aromatic rings. The Bertz CT molecular complexity index is 497. The quantitative estimate of drug-likeness (QED) is 0.873. The van der Waals surface area contributed by atoms with Gasteiger partial charge in [-0.2, -0.15) is 4.98 Å². The molecule has 0 aliphatic rings. The van der Waals surface area contributed by atoms with Gasteiger partial charge in [0.1, 0.15) is 5.82 Å². The van der Waals surface area contributed by atoms with Gasteiger partial charge in [0.05, 0.1) is 7.11 Å². The number of hydrogen-bond acceptors (Lipinski definition) is 3. The largest absolute Gasteiger partial charge is 0.481 e. The van der Waals surface area contributed by atoms with Crippen LogP contribution in [0.15, 0.2) is 42.5 Å². The molecule has 0 spiro atoms. The molecule has 0 atom stereocenters. The second-order valence-electron chi connectivity index (χ2n) is 3.85. The molecule has 3 heteroatoms. The van der Waals surface area contributed by atoms with Gasteiger partial charge >= 0.3 is 0 Å². The molecule has 0 amide bonds. The van der Waals surface area contributed by atoms with E-state index in [-0.39, 0.29) is 0 Å². The maximum Gasteiger partial charge on any atom is 0.214 e. The Balaban J connectivity index is 2.05. The standard InChI is InChI=1S/C14H16N2O/c1-11-6-3-4-7-12(11)10-15-13-8-5-9-14(16-13)17-2/h3-9H,10H2,1-2H3,(H,15,16). The van der Waals surface area contributed by atoms with Crippen molar-refractivity contribution in [3.8, 4) is 5.88 Å². The summed E-state index contributed by atoms with van der Waals surface area (Å²) in [7, 11) is 1.62. The van der Waals surface area contributed by atoms with Crippen LogP contribution in [0, 0.1) is 6.92 Å². The third-order valence-electron chi connectivity index (χ3n) is 2.65. The molecule has 3 nitrogen and oxygen atoms in total. The van der Waals surface area contributed by atoms with Crippen LogP contribution in [-0.4, -0.2) is 12.1 Å². The number of rotatable bonds is 4. The average Bonchev–Trinajstić information content (AvgIpc) is 2.38. The Labute approximate surface area is 101 Å². The Kier molecular flexibility index (Phi) is 3.60. The van der Waals surface area contributed by atoms with Crippen LogP contribution in [0.1, 0.15) is 11.1 Å². The van der Waals surface area contributed by atoms with E-state index in [9.17, 15) is 0 Å². The van der Waals surface area contributed by atoms with Gasteiger partial charge in [-0.05, 0) is 24.1 Å². The molecule has 88 valence electrons. The van der Waals surface area contributed by atoms with Gasteiger partial charge in [0.15, 0.2) is 0 Å². The fourth-order valence-corrected chi connectivity index (χ4v) is 1.62. The highest BCUT2D eigenvalue weighted by atomic mass is 16.5. The van der Waals surface area contributed by atoms with Crippen molar-refractivity contribution in [1.29, 1.82) is 0 Å². The summed E-state index contributed by atoms with van der Waals surface area (Å²) in [5.74, 6) is 1.45. The van der Waals surface area contributed by atoms with Crippen LogP contribution in [0.3, 0.4) is 0 Å². The molecule has 17 heavy (non-hydrogen) atoms. The van der Waals surface area contributed by atoms with Crippen molar-refractivity contribution in [2.45, 2.75) is 13.5 Å². The average molecular weight is 228 g/mol. The number of pyridine rings is 1. The van der Waals surface area contributed by atoms with Crippen LogP contribution in [0.2, 0.25) is 0 Å². The maximum absolute atomic E-state index is 5.08. The van der Waals surface area contributed by atoms with Crippen molar-refractivity contribution < 1.29 is 4.74 Å². The third-order valence-corrected chi connectivity index (χ3v) is 2.65. The SMILES string of the molecule is COc1cccc(NCc2ccccc2C)n1. The molecule has 1 aromatic carbocycles. The van der Waals surface area contributed by atoms with Crippen molar-refractivity contribution in [2.75, 3.05) is 12.4 Å². The van der Waals surface area contributed by atoms with Crippen molar-refractivity contribution in [3.63, 3.8) is 0 Å². The molecule has 1 N–H and O–H groups in total. The molecule has 0 saturated carbocycles. The summed E-state index contributed by atoms with van der Waals surface area (Å²) in [6.07, 6.45) is 0. The second kappa shape index (κ2) is 5.34. The zero-order valence-electron chi connectivity index (χ0n) is 10.1. The summed E-state index contributed by atoms with van der Waals surface area (Å²) in [6, 6.07) is 14.0. The van der Waals surface area contributed by atoms with E-state index in [1.54, 1.807) is 7.11 Å². The summed E-state index contributed by atoms with van der Waals surface area (Å²) in [5, 5.41) is 3.29.